The summed E-state index contributed by atoms with van der Waals surface area (Å²) < 4.78 is 36.3. The number of rotatable bonds is 7. The molecule has 44 heavy (non-hydrogen) atoms. The van der Waals surface area contributed by atoms with Gasteiger partial charge in [-0.05, 0) is 103 Å². The first-order chi connectivity index (χ1) is 20.3. The molecule has 2 aliphatic heterocycles. The maximum Gasteiger partial charge on any atom is 0.514 e. The zero-order valence-electron chi connectivity index (χ0n) is 27.9. The molecule has 242 valence electrons. The Balaban J connectivity index is 1.43. The van der Waals surface area contributed by atoms with Crippen LogP contribution in [0.3, 0.4) is 0 Å². The van der Waals surface area contributed by atoms with Crippen LogP contribution < -0.4 is 9.47 Å². The van der Waals surface area contributed by atoms with E-state index in [1.807, 2.05) is 0 Å². The van der Waals surface area contributed by atoms with Crippen LogP contribution in [0.1, 0.15) is 98.0 Å². The van der Waals surface area contributed by atoms with Crippen LogP contribution >= 0.6 is 0 Å². The first-order valence-electron chi connectivity index (χ1n) is 15.8. The maximum absolute atomic E-state index is 13.7. The molecule has 1 aromatic carbocycles. The molecule has 2 saturated heterocycles. The normalized spacial score (nSPS) is 27.5. The third-order valence-corrected chi connectivity index (χ3v) is 9.62. The molecule has 0 unspecified atom stereocenters. The van der Waals surface area contributed by atoms with Crippen LogP contribution in [0.25, 0.3) is 0 Å². The summed E-state index contributed by atoms with van der Waals surface area (Å²) in [4.78, 5) is 40.1. The molecular formula is C33H48BNO9. The fourth-order valence-corrected chi connectivity index (χ4v) is 7.19. The number of esters is 1. The van der Waals surface area contributed by atoms with Gasteiger partial charge in [-0.15, -0.1) is 0 Å². The number of carbonyl (C=O) groups excluding carboxylic acids is 3. The van der Waals surface area contributed by atoms with Gasteiger partial charge in [0.25, 0.3) is 0 Å². The molecule has 3 aliphatic carbocycles. The number of aryl methyl sites for hydroxylation is 1. The predicted octanol–water partition coefficient (Wildman–Crippen LogP) is 5.84. The minimum Gasteiger partial charge on any atom is -0.486 e. The second-order valence-corrected chi connectivity index (χ2v) is 15.6. The summed E-state index contributed by atoms with van der Waals surface area (Å²) in [5.41, 5.74) is -1.14. The smallest absolute Gasteiger partial charge is 0.486 e. The third-order valence-electron chi connectivity index (χ3n) is 9.62. The van der Waals surface area contributed by atoms with Gasteiger partial charge in [-0.2, -0.15) is 0 Å². The average Bonchev–Trinajstić information content (AvgIpc) is 3.18. The lowest BCUT2D eigenvalue weighted by molar-refractivity contribution is -0.199. The first kappa shape index (κ1) is 32.6. The molecule has 5 aliphatic rings. The van der Waals surface area contributed by atoms with Crippen LogP contribution in [-0.4, -0.2) is 72.2 Å². The lowest BCUT2D eigenvalue weighted by atomic mass is 9.43. The number of hydrogen-bond acceptors (Lipinski definition) is 9. The second-order valence-electron chi connectivity index (χ2n) is 15.6. The Labute approximate surface area is 261 Å². The highest BCUT2D eigenvalue weighted by molar-refractivity contribution is 6.45. The number of hydrogen-bond donors (Lipinski definition) is 0. The summed E-state index contributed by atoms with van der Waals surface area (Å²) in [6.07, 6.45) is 1.84. The van der Waals surface area contributed by atoms with Gasteiger partial charge in [0, 0.05) is 6.92 Å². The van der Waals surface area contributed by atoms with Crippen molar-refractivity contribution in [2.45, 2.75) is 124 Å². The van der Waals surface area contributed by atoms with Crippen LogP contribution in [-0.2, 0) is 30.0 Å². The lowest BCUT2D eigenvalue weighted by Gasteiger charge is -2.64. The SMILES string of the molecule is CC(=O)N1CC(Oc2ccc(CCB3O[C@@H]4C[C@@H]5C[C@@H](C5(C)C)[C@]4(C)O3)c(OC(=O)OC(C)(C)C)c2C(=O)OC(C)(C)C)C1. The molecule has 0 radical (unpaired) electrons. The molecule has 1 aromatic rings. The summed E-state index contributed by atoms with van der Waals surface area (Å²) >= 11 is 0. The van der Waals surface area contributed by atoms with E-state index < -0.39 is 30.4 Å². The van der Waals surface area contributed by atoms with Crippen molar-refractivity contribution in [2.75, 3.05) is 13.1 Å². The molecule has 11 heteroatoms. The topological polar surface area (TPSA) is 110 Å². The molecule has 2 heterocycles. The monoisotopic (exact) mass is 613 g/mol. The van der Waals surface area contributed by atoms with Gasteiger partial charge in [0.15, 0.2) is 5.75 Å². The Morgan fingerprint density at radius 2 is 1.66 bits per heavy atom. The molecule has 3 saturated carbocycles. The minimum absolute atomic E-state index is 0.000945. The maximum atomic E-state index is 13.7. The number of benzene rings is 1. The lowest BCUT2D eigenvalue weighted by Crippen LogP contribution is -2.65. The molecule has 0 aromatic heterocycles. The highest BCUT2D eigenvalue weighted by Gasteiger charge is 2.67. The van der Waals surface area contributed by atoms with Gasteiger partial charge in [0.2, 0.25) is 5.91 Å². The summed E-state index contributed by atoms with van der Waals surface area (Å²) in [6, 6.07) is 3.48. The minimum atomic E-state index is -0.944. The first-order valence-corrected chi connectivity index (χ1v) is 15.8. The van der Waals surface area contributed by atoms with Gasteiger partial charge < -0.3 is 33.2 Å². The van der Waals surface area contributed by atoms with Gasteiger partial charge >= 0.3 is 19.2 Å². The average molecular weight is 614 g/mol. The Kier molecular flexibility index (Phi) is 8.32. The van der Waals surface area contributed by atoms with E-state index in [4.69, 9.17) is 28.3 Å². The molecule has 6 rings (SSSR count). The number of amides is 1. The van der Waals surface area contributed by atoms with Gasteiger partial charge in [0.1, 0.15) is 28.6 Å². The van der Waals surface area contributed by atoms with Crippen LogP contribution in [0.15, 0.2) is 12.1 Å². The quantitative estimate of drug-likeness (QED) is 0.213. The fraction of sp³-hybridized carbons (Fsp3) is 0.727. The highest BCUT2D eigenvalue weighted by atomic mass is 16.7. The van der Waals surface area contributed by atoms with Gasteiger partial charge in [-0.25, -0.2) is 9.59 Å². The zero-order chi connectivity index (χ0) is 32.4. The fourth-order valence-electron chi connectivity index (χ4n) is 7.19. The van der Waals surface area contributed by atoms with Crippen molar-refractivity contribution in [2.24, 2.45) is 17.3 Å². The van der Waals surface area contributed by atoms with Crippen LogP contribution in [0.4, 0.5) is 4.79 Å². The molecule has 10 nitrogen and oxygen atoms in total. The Morgan fingerprint density at radius 1 is 1.00 bits per heavy atom. The van der Waals surface area contributed by atoms with E-state index >= 15 is 0 Å². The summed E-state index contributed by atoms with van der Waals surface area (Å²) in [5.74, 6) is 0.582. The van der Waals surface area contributed by atoms with E-state index in [2.05, 4.69) is 20.8 Å². The van der Waals surface area contributed by atoms with Crippen molar-refractivity contribution in [3.63, 3.8) is 0 Å². The molecule has 5 fully saturated rings. The van der Waals surface area contributed by atoms with Crippen LogP contribution in [0, 0.1) is 17.3 Å². The number of likely N-dealkylation sites (tertiary alicyclic amines) is 1. The van der Waals surface area contributed by atoms with E-state index in [0.717, 1.165) is 12.8 Å². The van der Waals surface area contributed by atoms with E-state index in [-0.39, 0.29) is 46.2 Å². The second kappa shape index (κ2) is 11.2. The number of nitrogens with zero attached hydrogens (tertiary/aromatic N) is 1. The van der Waals surface area contributed by atoms with E-state index in [0.29, 0.717) is 43.2 Å². The van der Waals surface area contributed by atoms with Crippen molar-refractivity contribution >= 4 is 25.2 Å². The van der Waals surface area contributed by atoms with Gasteiger partial charge in [-0.1, -0.05) is 19.9 Å². The Bertz CT molecular complexity index is 1310. The van der Waals surface area contributed by atoms with Crippen LogP contribution in [0.2, 0.25) is 6.32 Å². The third kappa shape index (κ3) is 6.45. The molecule has 1 amide bonds. The summed E-state index contributed by atoms with van der Waals surface area (Å²) in [7, 11) is -0.428. The van der Waals surface area contributed by atoms with E-state index in [9.17, 15) is 14.4 Å². The summed E-state index contributed by atoms with van der Waals surface area (Å²) in [6.45, 7) is 19.6. The molecule has 4 atom stereocenters. The van der Waals surface area contributed by atoms with Crippen LogP contribution in [0.5, 0.6) is 11.5 Å². The largest absolute Gasteiger partial charge is 0.514 e. The Hall–Kier alpha value is -2.79. The molecule has 2 bridgehead atoms. The van der Waals surface area contributed by atoms with Gasteiger partial charge in [-0.3, -0.25) is 4.79 Å². The van der Waals surface area contributed by atoms with Crippen molar-refractivity contribution in [3.05, 3.63) is 23.3 Å². The number of ether oxygens (including phenoxy) is 4. The van der Waals surface area contributed by atoms with Crippen molar-refractivity contribution in [3.8, 4) is 11.5 Å². The van der Waals surface area contributed by atoms with Crippen molar-refractivity contribution < 1.29 is 42.6 Å². The highest BCUT2D eigenvalue weighted by Crippen LogP contribution is 2.65. The standard InChI is InChI=1S/C33H48BNO9/c1-19(36)35-17-22(18-35)39-23-12-11-20(13-14-34-43-25-16-21-15-24(32(21,8)9)33(25,10)44-34)27(40-29(38)42-31(5,6)7)26(23)28(37)41-30(2,3)4/h11-12,21-22,24-25H,13-18H2,1-10H3/t21-,24-,25+,33-/m0/s1. The Morgan fingerprint density at radius 3 is 2.25 bits per heavy atom. The van der Waals surface area contributed by atoms with Gasteiger partial charge in [0.05, 0.1) is 24.8 Å². The van der Waals surface area contributed by atoms with E-state index in [1.54, 1.807) is 58.6 Å². The molecule has 0 spiro atoms. The number of carbonyl (C=O) groups is 3. The van der Waals surface area contributed by atoms with Crippen molar-refractivity contribution in [1.82, 2.24) is 4.90 Å². The van der Waals surface area contributed by atoms with E-state index in [1.165, 1.54) is 6.92 Å². The zero-order valence-corrected chi connectivity index (χ0v) is 27.9. The molecular weight excluding hydrogens is 565 g/mol. The molecule has 0 N–H and O–H groups in total. The summed E-state index contributed by atoms with van der Waals surface area (Å²) in [5, 5.41) is 0. The predicted molar refractivity (Wildman–Crippen MR) is 164 cm³/mol. The van der Waals surface area contributed by atoms with Crippen molar-refractivity contribution in [1.29, 1.82) is 0 Å².